The third-order valence-electron chi connectivity index (χ3n) is 2.92. The van der Waals surface area contributed by atoms with E-state index in [9.17, 15) is 0 Å². The van der Waals surface area contributed by atoms with Gasteiger partial charge in [0.1, 0.15) is 0 Å². The largest absolute Gasteiger partial charge is 0.316 e. The van der Waals surface area contributed by atoms with Crippen LogP contribution in [0.2, 0.25) is 0 Å². The summed E-state index contributed by atoms with van der Waals surface area (Å²) in [5.41, 5.74) is 0.560. The van der Waals surface area contributed by atoms with Gasteiger partial charge in [-0.15, -0.1) is 11.3 Å². The lowest BCUT2D eigenvalue weighted by molar-refractivity contribution is 0.161. The van der Waals surface area contributed by atoms with Crippen LogP contribution in [0.4, 0.5) is 0 Å². The maximum absolute atomic E-state index is 3.50. The minimum Gasteiger partial charge on any atom is -0.316 e. The molecule has 1 nitrogen and oxygen atoms in total. The molecule has 2 rings (SSSR count). The van der Waals surface area contributed by atoms with Gasteiger partial charge in [-0.3, -0.25) is 0 Å². The van der Waals surface area contributed by atoms with Crippen LogP contribution in [0.25, 0.3) is 0 Å². The van der Waals surface area contributed by atoms with Crippen molar-refractivity contribution in [1.82, 2.24) is 5.32 Å². The molecule has 0 unspecified atom stereocenters. The molecule has 1 fully saturated rings. The lowest BCUT2D eigenvalue weighted by Gasteiger charge is -2.42. The van der Waals surface area contributed by atoms with Crippen molar-refractivity contribution in [1.29, 1.82) is 0 Å². The SMILES string of the molecule is CCC1(Cc2cc(Br)cs2)CNC1. The normalized spacial score (nSPS) is 19.8. The molecule has 1 aromatic heterocycles. The summed E-state index contributed by atoms with van der Waals surface area (Å²) in [6.45, 7) is 4.68. The van der Waals surface area contributed by atoms with E-state index in [1.54, 1.807) is 0 Å². The van der Waals surface area contributed by atoms with Crippen LogP contribution in [-0.2, 0) is 6.42 Å². The van der Waals surface area contributed by atoms with Crippen molar-refractivity contribution < 1.29 is 0 Å². The van der Waals surface area contributed by atoms with Gasteiger partial charge < -0.3 is 5.32 Å². The van der Waals surface area contributed by atoms with E-state index in [1.807, 2.05) is 11.3 Å². The summed E-state index contributed by atoms with van der Waals surface area (Å²) in [5.74, 6) is 0. The lowest BCUT2D eigenvalue weighted by Crippen LogP contribution is -2.54. The van der Waals surface area contributed by atoms with Gasteiger partial charge in [0.25, 0.3) is 0 Å². The maximum atomic E-state index is 3.50. The van der Waals surface area contributed by atoms with Crippen LogP contribution in [0.1, 0.15) is 18.2 Å². The molecular formula is C10H14BrNS. The van der Waals surface area contributed by atoms with Crippen molar-refractivity contribution in [2.75, 3.05) is 13.1 Å². The van der Waals surface area contributed by atoms with Gasteiger partial charge in [0.15, 0.2) is 0 Å². The third kappa shape index (κ3) is 1.97. The lowest BCUT2D eigenvalue weighted by atomic mass is 9.76. The highest BCUT2D eigenvalue weighted by Gasteiger charge is 2.35. The fourth-order valence-electron chi connectivity index (χ4n) is 1.79. The standard InChI is InChI=1S/C10H14BrNS/c1-2-10(6-12-7-10)4-9-3-8(11)5-13-9/h3,5,12H,2,4,6-7H2,1H3. The Morgan fingerprint density at radius 3 is 2.77 bits per heavy atom. The first kappa shape index (κ1) is 9.69. The fraction of sp³-hybridized carbons (Fsp3) is 0.600. The van der Waals surface area contributed by atoms with E-state index in [0.29, 0.717) is 5.41 Å². The average molecular weight is 260 g/mol. The molecule has 0 atom stereocenters. The number of hydrogen-bond acceptors (Lipinski definition) is 2. The Balaban J connectivity index is 2.04. The summed E-state index contributed by atoms with van der Waals surface area (Å²) in [5, 5.41) is 5.54. The van der Waals surface area contributed by atoms with Gasteiger partial charge in [-0.1, -0.05) is 6.92 Å². The van der Waals surface area contributed by atoms with Gasteiger partial charge in [0.05, 0.1) is 0 Å². The number of hydrogen-bond donors (Lipinski definition) is 1. The number of rotatable bonds is 3. The molecule has 1 aromatic rings. The topological polar surface area (TPSA) is 12.0 Å². The van der Waals surface area contributed by atoms with Crippen LogP contribution >= 0.6 is 27.3 Å². The second-order valence-corrected chi connectivity index (χ2v) is 5.78. The van der Waals surface area contributed by atoms with Crippen molar-refractivity contribution in [3.8, 4) is 0 Å². The zero-order chi connectivity index (χ0) is 9.31. The smallest absolute Gasteiger partial charge is 0.0285 e. The Morgan fingerprint density at radius 2 is 2.38 bits per heavy atom. The minimum atomic E-state index is 0.560. The number of nitrogens with one attached hydrogen (secondary N) is 1. The Labute approximate surface area is 91.7 Å². The average Bonchev–Trinajstić information content (AvgIpc) is 2.44. The van der Waals surface area contributed by atoms with Crippen molar-refractivity contribution in [3.05, 3.63) is 20.8 Å². The van der Waals surface area contributed by atoms with E-state index in [-0.39, 0.29) is 0 Å². The summed E-state index contributed by atoms with van der Waals surface area (Å²) in [4.78, 5) is 1.51. The Kier molecular flexibility index (Phi) is 2.77. The quantitative estimate of drug-likeness (QED) is 0.880. The maximum Gasteiger partial charge on any atom is 0.0285 e. The molecule has 0 radical (unpaired) electrons. The Hall–Kier alpha value is 0.140. The molecule has 1 aliphatic rings. The first-order valence-electron chi connectivity index (χ1n) is 4.68. The van der Waals surface area contributed by atoms with Gasteiger partial charge in [-0.2, -0.15) is 0 Å². The molecule has 13 heavy (non-hydrogen) atoms. The van der Waals surface area contributed by atoms with E-state index >= 15 is 0 Å². The molecule has 1 saturated heterocycles. The zero-order valence-corrected chi connectivity index (χ0v) is 10.2. The molecule has 0 saturated carbocycles. The minimum absolute atomic E-state index is 0.560. The molecule has 0 amide bonds. The second-order valence-electron chi connectivity index (χ2n) is 3.87. The molecule has 0 spiro atoms. The van der Waals surface area contributed by atoms with Gasteiger partial charge in [-0.05, 0) is 40.3 Å². The van der Waals surface area contributed by atoms with Crippen molar-refractivity contribution in [3.63, 3.8) is 0 Å². The third-order valence-corrected chi connectivity index (χ3v) is 4.62. The summed E-state index contributed by atoms with van der Waals surface area (Å²) < 4.78 is 1.23. The summed E-state index contributed by atoms with van der Waals surface area (Å²) in [7, 11) is 0. The highest BCUT2D eigenvalue weighted by Crippen LogP contribution is 2.34. The van der Waals surface area contributed by atoms with E-state index in [4.69, 9.17) is 0 Å². The Bertz CT molecular complexity index is 285. The molecule has 0 aliphatic carbocycles. The van der Waals surface area contributed by atoms with Crippen LogP contribution in [0.3, 0.4) is 0 Å². The van der Waals surface area contributed by atoms with Gasteiger partial charge in [-0.25, -0.2) is 0 Å². The Morgan fingerprint density at radius 1 is 1.62 bits per heavy atom. The molecule has 0 aromatic carbocycles. The van der Waals surface area contributed by atoms with Gasteiger partial charge >= 0.3 is 0 Å². The second kappa shape index (κ2) is 3.71. The monoisotopic (exact) mass is 259 g/mol. The zero-order valence-electron chi connectivity index (χ0n) is 7.77. The summed E-state index contributed by atoms with van der Waals surface area (Å²) >= 11 is 5.36. The van der Waals surface area contributed by atoms with Crippen molar-refractivity contribution in [2.24, 2.45) is 5.41 Å². The van der Waals surface area contributed by atoms with E-state index in [2.05, 4.69) is 39.6 Å². The number of halogens is 1. The highest BCUT2D eigenvalue weighted by atomic mass is 79.9. The van der Waals surface area contributed by atoms with Crippen molar-refractivity contribution >= 4 is 27.3 Å². The van der Waals surface area contributed by atoms with Gasteiger partial charge in [0.2, 0.25) is 0 Å². The van der Waals surface area contributed by atoms with E-state index in [1.165, 1.54) is 35.3 Å². The predicted molar refractivity (Wildman–Crippen MR) is 61.3 cm³/mol. The first-order valence-corrected chi connectivity index (χ1v) is 6.35. The van der Waals surface area contributed by atoms with Crippen LogP contribution in [0, 0.1) is 5.41 Å². The highest BCUT2D eigenvalue weighted by molar-refractivity contribution is 9.10. The van der Waals surface area contributed by atoms with Crippen LogP contribution in [-0.4, -0.2) is 13.1 Å². The number of thiophene rings is 1. The molecule has 0 bridgehead atoms. The van der Waals surface area contributed by atoms with E-state index < -0.39 is 0 Å². The van der Waals surface area contributed by atoms with Crippen LogP contribution < -0.4 is 5.32 Å². The molecular weight excluding hydrogens is 246 g/mol. The first-order chi connectivity index (χ1) is 6.24. The van der Waals surface area contributed by atoms with Gasteiger partial charge in [0, 0.05) is 27.8 Å². The predicted octanol–water partition coefficient (Wildman–Crippen LogP) is 3.05. The fourth-order valence-corrected chi connectivity index (χ4v) is 3.42. The van der Waals surface area contributed by atoms with Crippen molar-refractivity contribution in [2.45, 2.75) is 19.8 Å². The summed E-state index contributed by atoms with van der Waals surface area (Å²) in [6.07, 6.45) is 2.53. The molecule has 1 N–H and O–H groups in total. The summed E-state index contributed by atoms with van der Waals surface area (Å²) in [6, 6.07) is 2.25. The van der Waals surface area contributed by atoms with E-state index in [0.717, 1.165) is 0 Å². The molecule has 72 valence electrons. The van der Waals surface area contributed by atoms with Crippen LogP contribution in [0.5, 0.6) is 0 Å². The molecule has 3 heteroatoms. The molecule has 1 aliphatic heterocycles. The van der Waals surface area contributed by atoms with Crippen LogP contribution in [0.15, 0.2) is 15.9 Å². The molecule has 2 heterocycles.